The highest BCUT2D eigenvalue weighted by Crippen LogP contribution is 2.40. The molecule has 3 aromatic carbocycles. The number of amides is 2. The van der Waals surface area contributed by atoms with Gasteiger partial charge < -0.3 is 9.84 Å². The van der Waals surface area contributed by atoms with Gasteiger partial charge >= 0.3 is 6.03 Å². The molecule has 35 heavy (non-hydrogen) atoms. The fraction of sp³-hybridized carbons (Fsp3) is 0.179. The second kappa shape index (κ2) is 8.71. The van der Waals surface area contributed by atoms with E-state index < -0.39 is 6.04 Å². The predicted octanol–water partition coefficient (Wildman–Crippen LogP) is 6.58. The molecule has 0 spiro atoms. The van der Waals surface area contributed by atoms with E-state index in [0.29, 0.717) is 16.7 Å². The predicted molar refractivity (Wildman–Crippen MR) is 136 cm³/mol. The van der Waals surface area contributed by atoms with Crippen molar-refractivity contribution in [3.8, 4) is 11.4 Å². The Morgan fingerprint density at radius 3 is 2.66 bits per heavy atom. The van der Waals surface area contributed by atoms with Crippen LogP contribution in [0.3, 0.4) is 0 Å². The highest BCUT2D eigenvalue weighted by molar-refractivity contribution is 6.30. The van der Waals surface area contributed by atoms with E-state index in [9.17, 15) is 4.79 Å². The zero-order valence-corrected chi connectivity index (χ0v) is 19.9. The number of allylic oxidation sites excluding steroid dienone is 1. The number of halogens is 1. The van der Waals surface area contributed by atoms with Crippen LogP contribution in [0.4, 0.5) is 10.5 Å². The number of fused-ring (bicyclic) bond motifs is 1. The summed E-state index contributed by atoms with van der Waals surface area (Å²) in [5.41, 5.74) is 6.70. The van der Waals surface area contributed by atoms with E-state index in [4.69, 9.17) is 21.1 Å². The lowest BCUT2D eigenvalue weighted by atomic mass is 9.94. The Morgan fingerprint density at radius 2 is 1.83 bits per heavy atom. The number of carbonyl (C=O) groups excluding carboxylic acids is 1. The summed E-state index contributed by atoms with van der Waals surface area (Å²) in [7, 11) is 0. The number of benzene rings is 3. The van der Waals surface area contributed by atoms with Gasteiger partial charge in [-0.2, -0.15) is 4.98 Å². The Balaban J connectivity index is 1.49. The van der Waals surface area contributed by atoms with Crippen LogP contribution < -0.4 is 10.2 Å². The zero-order valence-electron chi connectivity index (χ0n) is 19.2. The minimum absolute atomic E-state index is 0.187. The molecule has 2 amide bonds. The normalized spacial score (nSPS) is 17.5. The number of nitrogens with zero attached hydrogens (tertiary/aromatic N) is 3. The molecule has 0 saturated heterocycles. The molecule has 2 heterocycles. The average Bonchev–Trinajstić information content (AvgIpc) is 3.54. The first-order chi connectivity index (χ1) is 17.1. The van der Waals surface area contributed by atoms with Gasteiger partial charge in [0.25, 0.3) is 5.89 Å². The van der Waals surface area contributed by atoms with Crippen molar-refractivity contribution in [2.45, 2.75) is 32.2 Å². The molecule has 174 valence electrons. The molecular weight excluding hydrogens is 460 g/mol. The van der Waals surface area contributed by atoms with Crippen LogP contribution in [0.25, 0.3) is 17.0 Å². The maximum absolute atomic E-state index is 13.4. The molecule has 0 radical (unpaired) electrons. The lowest BCUT2D eigenvalue weighted by Gasteiger charge is -2.35. The quantitative estimate of drug-likeness (QED) is 0.356. The Kier molecular flexibility index (Phi) is 5.38. The van der Waals surface area contributed by atoms with Gasteiger partial charge in [0.2, 0.25) is 5.82 Å². The third kappa shape index (κ3) is 3.90. The van der Waals surface area contributed by atoms with Crippen LogP contribution >= 0.6 is 11.6 Å². The number of hydrogen-bond donors (Lipinski definition) is 1. The molecule has 6 nitrogen and oxygen atoms in total. The summed E-state index contributed by atoms with van der Waals surface area (Å²) >= 11 is 6.17. The van der Waals surface area contributed by atoms with E-state index in [1.807, 2.05) is 55.5 Å². The Hall–Kier alpha value is -3.90. The van der Waals surface area contributed by atoms with E-state index in [1.54, 1.807) is 17.0 Å². The van der Waals surface area contributed by atoms with Gasteiger partial charge in [0.15, 0.2) is 0 Å². The number of aromatic nitrogens is 2. The molecule has 7 heteroatoms. The second-order valence-electron chi connectivity index (χ2n) is 8.87. The summed E-state index contributed by atoms with van der Waals surface area (Å²) in [5, 5.41) is 7.98. The molecular formula is C28H23ClN4O2. The Labute approximate surface area is 208 Å². The number of nitrogens with one attached hydrogen (secondary N) is 1. The van der Waals surface area contributed by atoms with Gasteiger partial charge in [-0.05, 0) is 67.1 Å². The van der Waals surface area contributed by atoms with Crippen molar-refractivity contribution < 1.29 is 9.32 Å². The van der Waals surface area contributed by atoms with Crippen molar-refractivity contribution in [1.29, 1.82) is 0 Å². The van der Waals surface area contributed by atoms with Gasteiger partial charge in [0.1, 0.15) is 0 Å². The Morgan fingerprint density at radius 1 is 1.00 bits per heavy atom. The molecule has 0 bridgehead atoms. The van der Waals surface area contributed by atoms with Gasteiger partial charge in [-0.3, -0.25) is 4.90 Å². The van der Waals surface area contributed by atoms with E-state index in [1.165, 1.54) is 11.1 Å². The molecule has 0 fully saturated rings. The Bertz CT molecular complexity index is 1460. The molecule has 1 N–H and O–H groups in total. The molecule has 0 saturated carbocycles. The van der Waals surface area contributed by atoms with E-state index in [-0.39, 0.29) is 6.03 Å². The third-order valence-electron chi connectivity index (χ3n) is 6.70. The molecule has 1 unspecified atom stereocenters. The molecule has 6 rings (SSSR count). The van der Waals surface area contributed by atoms with Crippen molar-refractivity contribution >= 4 is 28.9 Å². The molecule has 1 aliphatic heterocycles. The van der Waals surface area contributed by atoms with Crippen molar-refractivity contribution in [2.75, 3.05) is 4.90 Å². The molecule has 1 atom stereocenters. The van der Waals surface area contributed by atoms with Crippen molar-refractivity contribution in [3.63, 3.8) is 0 Å². The fourth-order valence-corrected chi connectivity index (χ4v) is 5.19. The monoisotopic (exact) mass is 482 g/mol. The van der Waals surface area contributed by atoms with E-state index in [0.717, 1.165) is 47.3 Å². The summed E-state index contributed by atoms with van der Waals surface area (Å²) < 4.78 is 5.77. The highest BCUT2D eigenvalue weighted by Gasteiger charge is 2.36. The summed E-state index contributed by atoms with van der Waals surface area (Å²) in [6.45, 7) is 1.93. The van der Waals surface area contributed by atoms with Crippen LogP contribution in [0, 0.1) is 0 Å². The van der Waals surface area contributed by atoms with Gasteiger partial charge in [0.05, 0.1) is 17.3 Å². The number of rotatable bonds is 4. The van der Waals surface area contributed by atoms with Gasteiger partial charge in [-0.25, -0.2) is 4.79 Å². The van der Waals surface area contributed by atoms with Crippen LogP contribution in [-0.2, 0) is 12.8 Å². The van der Waals surface area contributed by atoms with Gasteiger partial charge in [-0.15, -0.1) is 0 Å². The standard InChI is InChI=1S/C28H23ClN4O2/c1-17-24(27-31-26(32-35-27)21-11-6-12-22(29)15-21)25(19-7-3-2-4-8-19)30-28(34)33(17)23-14-13-18-9-5-10-20(18)16-23/h2-4,6-8,11-16,25H,5,9-10H2,1H3,(H,30,34). The topological polar surface area (TPSA) is 71.3 Å². The SMILES string of the molecule is CC1=C(c2nc(-c3cccc(Cl)c3)no2)C(c2ccccc2)NC(=O)N1c1ccc2c(c1)CCC2. The largest absolute Gasteiger partial charge is 0.334 e. The number of anilines is 1. The molecule has 1 aliphatic carbocycles. The number of aryl methyl sites for hydroxylation is 2. The van der Waals surface area contributed by atoms with Crippen LogP contribution in [-0.4, -0.2) is 16.2 Å². The van der Waals surface area contributed by atoms with Crippen molar-refractivity contribution in [2.24, 2.45) is 0 Å². The van der Waals surface area contributed by atoms with Crippen molar-refractivity contribution in [3.05, 3.63) is 106 Å². The lowest BCUT2D eigenvalue weighted by Crippen LogP contribution is -2.46. The van der Waals surface area contributed by atoms with Gasteiger partial charge in [-0.1, -0.05) is 65.3 Å². The molecule has 1 aromatic heterocycles. The van der Waals surface area contributed by atoms with E-state index >= 15 is 0 Å². The lowest BCUT2D eigenvalue weighted by molar-refractivity contribution is 0.244. The maximum Gasteiger partial charge on any atom is 0.326 e. The number of hydrogen-bond acceptors (Lipinski definition) is 4. The highest BCUT2D eigenvalue weighted by atomic mass is 35.5. The first-order valence-electron chi connectivity index (χ1n) is 11.7. The van der Waals surface area contributed by atoms with Crippen LogP contribution in [0.1, 0.15) is 42.0 Å². The fourth-order valence-electron chi connectivity index (χ4n) is 5.00. The first-order valence-corrected chi connectivity index (χ1v) is 12.0. The summed E-state index contributed by atoms with van der Waals surface area (Å²) in [6, 6.07) is 22.8. The minimum atomic E-state index is -0.429. The second-order valence-corrected chi connectivity index (χ2v) is 9.30. The summed E-state index contributed by atoms with van der Waals surface area (Å²) in [6.07, 6.45) is 3.27. The minimum Gasteiger partial charge on any atom is -0.334 e. The summed E-state index contributed by atoms with van der Waals surface area (Å²) in [5.74, 6) is 0.799. The van der Waals surface area contributed by atoms with E-state index in [2.05, 4.69) is 22.6 Å². The third-order valence-corrected chi connectivity index (χ3v) is 6.93. The zero-order chi connectivity index (χ0) is 23.9. The average molecular weight is 483 g/mol. The summed E-state index contributed by atoms with van der Waals surface area (Å²) in [4.78, 5) is 19.8. The van der Waals surface area contributed by atoms with Crippen LogP contribution in [0.2, 0.25) is 5.02 Å². The first kappa shape index (κ1) is 21.6. The molecule has 2 aliphatic rings. The number of urea groups is 1. The smallest absolute Gasteiger partial charge is 0.326 e. The van der Waals surface area contributed by atoms with Crippen molar-refractivity contribution in [1.82, 2.24) is 15.5 Å². The van der Waals surface area contributed by atoms with Crippen LogP contribution in [0.5, 0.6) is 0 Å². The maximum atomic E-state index is 13.4. The number of carbonyl (C=O) groups is 1. The molecule has 4 aromatic rings. The van der Waals surface area contributed by atoms with Crippen LogP contribution in [0.15, 0.2) is 83.0 Å². The van der Waals surface area contributed by atoms with Gasteiger partial charge in [0, 0.05) is 16.3 Å².